The Balaban J connectivity index is 0.00000242. The van der Waals surface area contributed by atoms with Crippen molar-refractivity contribution in [1.29, 1.82) is 0 Å². The van der Waals surface area contributed by atoms with Gasteiger partial charge in [0, 0.05) is 18.5 Å². The minimum absolute atomic E-state index is 0. The fourth-order valence-electron chi connectivity index (χ4n) is 2.24. The van der Waals surface area contributed by atoms with Gasteiger partial charge in [0.15, 0.2) is 0 Å². The second-order valence-corrected chi connectivity index (χ2v) is 4.94. The maximum atomic E-state index is 12.2. The van der Waals surface area contributed by atoms with Crippen LogP contribution in [0, 0.1) is 0 Å². The van der Waals surface area contributed by atoms with E-state index in [1.54, 1.807) is 4.90 Å². The number of benzene rings is 1. The van der Waals surface area contributed by atoms with Crippen LogP contribution in [-0.4, -0.2) is 43.1 Å². The molecular weight excluding hydrogens is 308 g/mol. The summed E-state index contributed by atoms with van der Waals surface area (Å²) in [4.78, 5) is 25.2. The molecule has 22 heavy (non-hydrogen) atoms. The van der Waals surface area contributed by atoms with Gasteiger partial charge in [-0.05, 0) is 12.5 Å². The van der Waals surface area contributed by atoms with Crippen LogP contribution in [-0.2, 0) is 20.9 Å². The molecule has 1 unspecified atom stereocenters. The molecule has 0 radical (unpaired) electrons. The second-order valence-electron chi connectivity index (χ2n) is 4.94. The molecule has 7 heteroatoms. The number of rotatable bonds is 4. The van der Waals surface area contributed by atoms with Crippen LogP contribution in [0.2, 0.25) is 0 Å². The molecule has 1 aromatic carbocycles. The summed E-state index contributed by atoms with van der Waals surface area (Å²) in [5.41, 5.74) is 6.63. The lowest BCUT2D eigenvalue weighted by Gasteiger charge is -2.20. The van der Waals surface area contributed by atoms with Crippen LogP contribution in [0.15, 0.2) is 24.3 Å². The second kappa shape index (κ2) is 8.60. The quantitative estimate of drug-likeness (QED) is 0.837. The van der Waals surface area contributed by atoms with Crippen LogP contribution in [0.3, 0.4) is 0 Å². The van der Waals surface area contributed by atoms with Crippen molar-refractivity contribution in [3.05, 3.63) is 29.8 Å². The van der Waals surface area contributed by atoms with Crippen molar-refractivity contribution in [2.24, 2.45) is 5.73 Å². The molecule has 1 atom stereocenters. The number of nitrogens with two attached hydrogens (primary N) is 1. The molecule has 1 amide bonds. The van der Waals surface area contributed by atoms with Crippen LogP contribution in [0.25, 0.3) is 0 Å². The summed E-state index contributed by atoms with van der Waals surface area (Å²) in [7, 11) is 1.28. The number of hydrogen-bond acceptors (Lipinski definition) is 5. The van der Waals surface area contributed by atoms with E-state index in [0.29, 0.717) is 19.7 Å². The normalized spacial score (nSPS) is 14.7. The van der Waals surface area contributed by atoms with Crippen LogP contribution in [0.5, 0.6) is 5.75 Å². The predicted molar refractivity (Wildman–Crippen MR) is 83.8 cm³/mol. The molecule has 122 valence electrons. The number of halogens is 1. The molecule has 0 aromatic heterocycles. The fraction of sp³-hybridized carbons (Fsp3) is 0.467. The van der Waals surface area contributed by atoms with E-state index in [4.69, 9.17) is 10.5 Å². The molecule has 1 aromatic rings. The van der Waals surface area contributed by atoms with E-state index in [2.05, 4.69) is 4.74 Å². The lowest BCUT2D eigenvalue weighted by Crippen LogP contribution is -2.36. The first-order chi connectivity index (χ1) is 10.1. The summed E-state index contributed by atoms with van der Waals surface area (Å²) in [6, 6.07) is 6.92. The standard InChI is InChI=1S/C15H20N2O4.ClH/c1-20-15(19)12(16)6-7-14(18)17-8-9-21-13-5-3-2-4-11(13)10-17;/h2-5,12H,6-10,16H2,1H3;1H. The first-order valence-electron chi connectivity index (χ1n) is 6.93. The summed E-state index contributed by atoms with van der Waals surface area (Å²) < 4.78 is 10.2. The summed E-state index contributed by atoms with van der Waals surface area (Å²) >= 11 is 0. The van der Waals surface area contributed by atoms with E-state index in [0.717, 1.165) is 11.3 Å². The number of ether oxygens (including phenoxy) is 2. The number of hydrogen-bond donors (Lipinski definition) is 1. The van der Waals surface area contributed by atoms with E-state index in [1.807, 2.05) is 24.3 Å². The first-order valence-corrected chi connectivity index (χ1v) is 6.93. The lowest BCUT2D eigenvalue weighted by molar-refractivity contribution is -0.142. The van der Waals surface area contributed by atoms with Crippen molar-refractivity contribution in [3.8, 4) is 5.75 Å². The molecule has 2 N–H and O–H groups in total. The highest BCUT2D eigenvalue weighted by atomic mass is 35.5. The van der Waals surface area contributed by atoms with Crippen LogP contribution >= 0.6 is 12.4 Å². The smallest absolute Gasteiger partial charge is 0.322 e. The lowest BCUT2D eigenvalue weighted by atomic mass is 10.1. The number of nitrogens with zero attached hydrogens (tertiary/aromatic N) is 1. The van der Waals surface area contributed by atoms with Crippen molar-refractivity contribution < 1.29 is 19.1 Å². The zero-order chi connectivity index (χ0) is 15.2. The van der Waals surface area contributed by atoms with Gasteiger partial charge in [-0.3, -0.25) is 9.59 Å². The minimum Gasteiger partial charge on any atom is -0.491 e. The molecular formula is C15H21ClN2O4. The van der Waals surface area contributed by atoms with Crippen LogP contribution < -0.4 is 10.5 Å². The predicted octanol–water partition coefficient (Wildman–Crippen LogP) is 1.11. The zero-order valence-electron chi connectivity index (χ0n) is 12.5. The van der Waals surface area contributed by atoms with Crippen LogP contribution in [0.4, 0.5) is 0 Å². The van der Waals surface area contributed by atoms with Gasteiger partial charge < -0.3 is 20.1 Å². The highest BCUT2D eigenvalue weighted by molar-refractivity contribution is 5.85. The molecule has 0 aliphatic carbocycles. The van der Waals surface area contributed by atoms with E-state index >= 15 is 0 Å². The third-order valence-electron chi connectivity index (χ3n) is 3.48. The first kappa shape index (κ1) is 18.3. The van der Waals surface area contributed by atoms with Gasteiger partial charge >= 0.3 is 5.97 Å². The third-order valence-corrected chi connectivity index (χ3v) is 3.48. The third kappa shape index (κ3) is 4.61. The number of carbonyl (C=O) groups excluding carboxylic acids is 2. The Hall–Kier alpha value is -1.79. The van der Waals surface area contributed by atoms with Gasteiger partial charge in [0.1, 0.15) is 18.4 Å². The molecule has 0 saturated carbocycles. The fourth-order valence-corrected chi connectivity index (χ4v) is 2.24. The van der Waals surface area contributed by atoms with E-state index in [1.165, 1.54) is 7.11 Å². The molecule has 1 heterocycles. The Morgan fingerprint density at radius 3 is 2.86 bits per heavy atom. The molecule has 1 aliphatic heterocycles. The van der Waals surface area contributed by atoms with E-state index < -0.39 is 12.0 Å². The average Bonchev–Trinajstić information content (AvgIpc) is 2.73. The molecule has 0 spiro atoms. The number of amides is 1. The number of methoxy groups -OCH3 is 1. The van der Waals surface area contributed by atoms with Crippen molar-refractivity contribution >= 4 is 24.3 Å². The number of fused-ring (bicyclic) bond motifs is 1. The van der Waals surface area contributed by atoms with Crippen molar-refractivity contribution in [1.82, 2.24) is 4.90 Å². The van der Waals surface area contributed by atoms with Crippen molar-refractivity contribution in [2.75, 3.05) is 20.3 Å². The van der Waals surface area contributed by atoms with Gasteiger partial charge in [0.25, 0.3) is 0 Å². The summed E-state index contributed by atoms with van der Waals surface area (Å²) in [5.74, 6) is 0.293. The maximum absolute atomic E-state index is 12.2. The summed E-state index contributed by atoms with van der Waals surface area (Å²) in [6.45, 7) is 1.51. The summed E-state index contributed by atoms with van der Waals surface area (Å²) in [6.07, 6.45) is 0.503. The van der Waals surface area contributed by atoms with Gasteiger partial charge in [-0.1, -0.05) is 18.2 Å². The SMILES string of the molecule is COC(=O)C(N)CCC(=O)N1CCOc2ccccc2C1.Cl. The van der Waals surface area contributed by atoms with Crippen molar-refractivity contribution in [3.63, 3.8) is 0 Å². The molecule has 0 saturated heterocycles. The Kier molecular flexibility index (Phi) is 7.14. The molecule has 0 fully saturated rings. The number of para-hydroxylation sites is 1. The van der Waals surface area contributed by atoms with Gasteiger partial charge in [-0.2, -0.15) is 0 Å². The van der Waals surface area contributed by atoms with E-state index in [-0.39, 0.29) is 31.2 Å². The highest BCUT2D eigenvalue weighted by Gasteiger charge is 2.21. The summed E-state index contributed by atoms with van der Waals surface area (Å²) in [5, 5.41) is 0. The number of esters is 1. The topological polar surface area (TPSA) is 81.9 Å². The molecule has 6 nitrogen and oxygen atoms in total. The van der Waals surface area contributed by atoms with Gasteiger partial charge in [-0.25, -0.2) is 0 Å². The van der Waals surface area contributed by atoms with Crippen molar-refractivity contribution in [2.45, 2.75) is 25.4 Å². The van der Waals surface area contributed by atoms with Gasteiger partial charge in [0.2, 0.25) is 5.91 Å². The van der Waals surface area contributed by atoms with Gasteiger partial charge in [-0.15, -0.1) is 12.4 Å². The molecule has 2 rings (SSSR count). The molecule has 0 bridgehead atoms. The maximum Gasteiger partial charge on any atom is 0.322 e. The average molecular weight is 329 g/mol. The largest absolute Gasteiger partial charge is 0.491 e. The zero-order valence-corrected chi connectivity index (χ0v) is 13.3. The Labute approximate surface area is 136 Å². The highest BCUT2D eigenvalue weighted by Crippen LogP contribution is 2.22. The van der Waals surface area contributed by atoms with E-state index in [9.17, 15) is 9.59 Å². The Bertz CT molecular complexity index is 524. The molecule has 1 aliphatic rings. The Morgan fingerprint density at radius 1 is 1.41 bits per heavy atom. The monoisotopic (exact) mass is 328 g/mol. The van der Waals surface area contributed by atoms with Crippen LogP contribution in [0.1, 0.15) is 18.4 Å². The minimum atomic E-state index is -0.755. The van der Waals surface area contributed by atoms with Gasteiger partial charge in [0.05, 0.1) is 13.7 Å². The Morgan fingerprint density at radius 2 is 2.14 bits per heavy atom. The number of carbonyl (C=O) groups is 2.